The average Bonchev–Trinajstić information content (AvgIpc) is 2.74. The smallest absolute Gasteiger partial charge is 0.313 e. The first-order valence-electron chi connectivity index (χ1n) is 9.72. The maximum Gasteiger partial charge on any atom is 0.313 e. The van der Waals surface area contributed by atoms with Crippen LogP contribution in [0, 0.1) is 0 Å². The molecule has 0 aliphatic carbocycles. The third-order valence-electron chi connectivity index (χ3n) is 4.80. The van der Waals surface area contributed by atoms with E-state index in [4.69, 9.17) is 4.74 Å². The Balaban J connectivity index is 1.65. The summed E-state index contributed by atoms with van der Waals surface area (Å²) in [5.41, 5.74) is 1.72. The molecule has 160 valence electrons. The molecule has 0 aromatic heterocycles. The van der Waals surface area contributed by atoms with E-state index >= 15 is 0 Å². The minimum atomic E-state index is -3.45. The topological polar surface area (TPSA) is 105 Å². The summed E-state index contributed by atoms with van der Waals surface area (Å²) in [5, 5.41) is 5.10. The normalized spacial score (nSPS) is 15.3. The van der Waals surface area contributed by atoms with Crippen molar-refractivity contribution in [2.24, 2.45) is 0 Å². The molecule has 0 atom stereocenters. The molecule has 0 unspecified atom stereocenters. The number of hydrogen-bond acceptors (Lipinski definition) is 5. The minimum absolute atomic E-state index is 0.0660. The molecule has 1 fully saturated rings. The van der Waals surface area contributed by atoms with Crippen molar-refractivity contribution in [1.82, 2.24) is 5.32 Å². The Bertz CT molecular complexity index is 1010. The highest BCUT2D eigenvalue weighted by molar-refractivity contribution is 7.92. The van der Waals surface area contributed by atoms with Crippen LogP contribution in [0.1, 0.15) is 18.4 Å². The summed E-state index contributed by atoms with van der Waals surface area (Å²) in [6.45, 7) is 0.673. The van der Waals surface area contributed by atoms with Crippen LogP contribution in [0.2, 0.25) is 0 Å². The monoisotopic (exact) mass is 431 g/mol. The van der Waals surface area contributed by atoms with E-state index in [1.165, 1.54) is 17.5 Å². The highest BCUT2D eigenvalue weighted by atomic mass is 32.2. The Morgan fingerprint density at radius 1 is 1.07 bits per heavy atom. The van der Waals surface area contributed by atoms with E-state index in [9.17, 15) is 18.0 Å². The number of rotatable bonds is 6. The second kappa shape index (κ2) is 9.62. The Labute approximate surface area is 176 Å². The van der Waals surface area contributed by atoms with Crippen LogP contribution in [0.15, 0.2) is 48.5 Å². The zero-order valence-corrected chi connectivity index (χ0v) is 17.6. The standard InChI is InChI=1S/C21H25N3O5S/c1-29-19-10-9-17(15-18(19)24-13-5-6-14-30(24,27)28)23-21(26)20(25)22-12-11-16-7-3-2-4-8-16/h2-4,7-10,15H,5-6,11-14H2,1H3,(H,22,25)(H,23,26). The lowest BCUT2D eigenvalue weighted by molar-refractivity contribution is -0.136. The van der Waals surface area contributed by atoms with Crippen molar-refractivity contribution < 1.29 is 22.7 Å². The molecule has 1 saturated heterocycles. The number of methoxy groups -OCH3 is 1. The maximum absolute atomic E-state index is 12.4. The van der Waals surface area contributed by atoms with Crippen LogP contribution in [-0.2, 0) is 26.0 Å². The molecule has 0 spiro atoms. The van der Waals surface area contributed by atoms with E-state index in [0.717, 1.165) is 12.0 Å². The van der Waals surface area contributed by atoms with Crippen LogP contribution >= 0.6 is 0 Å². The molecule has 1 aliphatic heterocycles. The molecular weight excluding hydrogens is 406 g/mol. The molecule has 0 saturated carbocycles. The van der Waals surface area contributed by atoms with Crippen molar-refractivity contribution in [2.45, 2.75) is 19.3 Å². The van der Waals surface area contributed by atoms with E-state index in [1.54, 1.807) is 12.1 Å². The lowest BCUT2D eigenvalue weighted by atomic mass is 10.1. The fraction of sp³-hybridized carbons (Fsp3) is 0.333. The lowest BCUT2D eigenvalue weighted by Gasteiger charge is -2.29. The van der Waals surface area contributed by atoms with Crippen molar-refractivity contribution in [3.8, 4) is 5.75 Å². The number of carbonyl (C=O) groups excluding carboxylic acids is 2. The van der Waals surface area contributed by atoms with Crippen molar-refractivity contribution >= 4 is 33.2 Å². The zero-order chi connectivity index (χ0) is 21.6. The molecule has 9 heteroatoms. The lowest BCUT2D eigenvalue weighted by Crippen LogP contribution is -2.38. The van der Waals surface area contributed by atoms with Crippen LogP contribution in [0.3, 0.4) is 0 Å². The summed E-state index contributed by atoms with van der Waals surface area (Å²) < 4.78 is 31.5. The highest BCUT2D eigenvalue weighted by Crippen LogP contribution is 2.35. The van der Waals surface area contributed by atoms with Gasteiger partial charge in [0.1, 0.15) is 5.75 Å². The van der Waals surface area contributed by atoms with E-state index < -0.39 is 21.8 Å². The first-order chi connectivity index (χ1) is 14.4. The summed E-state index contributed by atoms with van der Waals surface area (Å²) >= 11 is 0. The summed E-state index contributed by atoms with van der Waals surface area (Å²) in [7, 11) is -2.00. The third-order valence-corrected chi connectivity index (χ3v) is 6.66. The third kappa shape index (κ3) is 5.29. The Morgan fingerprint density at radius 3 is 2.53 bits per heavy atom. The van der Waals surface area contributed by atoms with Crippen molar-refractivity contribution in [2.75, 3.05) is 35.6 Å². The Kier molecular flexibility index (Phi) is 6.94. The largest absolute Gasteiger partial charge is 0.495 e. The summed E-state index contributed by atoms with van der Waals surface area (Å²) in [5.74, 6) is -1.13. The maximum atomic E-state index is 12.4. The van der Waals surface area contributed by atoms with Gasteiger partial charge in [0.25, 0.3) is 0 Å². The molecule has 2 aromatic rings. The second-order valence-corrected chi connectivity index (χ2v) is 8.94. The molecule has 3 rings (SSSR count). The fourth-order valence-electron chi connectivity index (χ4n) is 3.26. The van der Waals surface area contributed by atoms with Gasteiger partial charge < -0.3 is 15.4 Å². The molecular formula is C21H25N3O5S. The van der Waals surface area contributed by atoms with E-state index in [0.29, 0.717) is 43.1 Å². The summed E-state index contributed by atoms with van der Waals surface area (Å²) in [6, 6.07) is 14.3. The second-order valence-electron chi connectivity index (χ2n) is 6.93. The molecule has 2 N–H and O–H groups in total. The van der Waals surface area contributed by atoms with Crippen molar-refractivity contribution in [3.05, 3.63) is 54.1 Å². The van der Waals surface area contributed by atoms with Crippen molar-refractivity contribution in [3.63, 3.8) is 0 Å². The number of hydrogen-bond donors (Lipinski definition) is 2. The number of carbonyl (C=O) groups is 2. The number of nitrogens with one attached hydrogen (secondary N) is 2. The van der Waals surface area contributed by atoms with Gasteiger partial charge >= 0.3 is 11.8 Å². The predicted molar refractivity (Wildman–Crippen MR) is 115 cm³/mol. The van der Waals surface area contributed by atoms with Gasteiger partial charge in [-0.2, -0.15) is 0 Å². The summed E-state index contributed by atoms with van der Waals surface area (Å²) in [6.07, 6.45) is 1.96. The Hall–Kier alpha value is -3.07. The number of nitrogens with zero attached hydrogens (tertiary/aromatic N) is 1. The fourth-order valence-corrected chi connectivity index (χ4v) is 4.89. The number of benzene rings is 2. The molecule has 1 heterocycles. The van der Waals surface area contributed by atoms with E-state index in [-0.39, 0.29) is 5.75 Å². The number of ether oxygens (including phenoxy) is 1. The molecule has 0 radical (unpaired) electrons. The van der Waals surface area contributed by atoms with Gasteiger partial charge in [0, 0.05) is 18.8 Å². The molecule has 8 nitrogen and oxygen atoms in total. The molecule has 1 aliphatic rings. The van der Waals surface area contributed by atoms with Gasteiger partial charge in [-0.05, 0) is 43.0 Å². The summed E-state index contributed by atoms with van der Waals surface area (Å²) in [4.78, 5) is 24.3. The van der Waals surface area contributed by atoms with Gasteiger partial charge in [-0.25, -0.2) is 8.42 Å². The van der Waals surface area contributed by atoms with Gasteiger partial charge in [-0.15, -0.1) is 0 Å². The van der Waals surface area contributed by atoms with E-state index in [1.807, 2.05) is 30.3 Å². The first kappa shape index (κ1) is 21.6. The van der Waals surface area contributed by atoms with Crippen LogP contribution < -0.4 is 19.7 Å². The highest BCUT2D eigenvalue weighted by Gasteiger charge is 2.28. The molecule has 2 amide bonds. The number of anilines is 2. The van der Waals surface area contributed by atoms with Crippen LogP contribution in [0.4, 0.5) is 11.4 Å². The molecule has 0 bridgehead atoms. The van der Waals surface area contributed by atoms with Crippen LogP contribution in [0.25, 0.3) is 0 Å². The Morgan fingerprint density at radius 2 is 1.83 bits per heavy atom. The van der Waals surface area contributed by atoms with Gasteiger partial charge in [-0.3, -0.25) is 13.9 Å². The van der Waals surface area contributed by atoms with Gasteiger partial charge in [0.2, 0.25) is 10.0 Å². The number of sulfonamides is 1. The minimum Gasteiger partial charge on any atom is -0.495 e. The van der Waals surface area contributed by atoms with E-state index in [2.05, 4.69) is 10.6 Å². The SMILES string of the molecule is COc1ccc(NC(=O)C(=O)NCCc2ccccc2)cc1N1CCCCS1(=O)=O. The van der Waals surface area contributed by atoms with Gasteiger partial charge in [-0.1, -0.05) is 30.3 Å². The number of amides is 2. The van der Waals surface area contributed by atoms with Crippen LogP contribution in [0.5, 0.6) is 5.75 Å². The molecule has 30 heavy (non-hydrogen) atoms. The van der Waals surface area contributed by atoms with Gasteiger partial charge in [0.15, 0.2) is 0 Å². The molecule has 2 aromatic carbocycles. The average molecular weight is 432 g/mol. The predicted octanol–water partition coefficient (Wildman–Crippen LogP) is 1.92. The van der Waals surface area contributed by atoms with Gasteiger partial charge in [0.05, 0.1) is 18.6 Å². The van der Waals surface area contributed by atoms with Crippen LogP contribution in [-0.4, -0.2) is 46.2 Å². The van der Waals surface area contributed by atoms with Crippen molar-refractivity contribution in [1.29, 1.82) is 0 Å². The first-order valence-corrected chi connectivity index (χ1v) is 11.3. The zero-order valence-electron chi connectivity index (χ0n) is 16.8. The quantitative estimate of drug-likeness (QED) is 0.680.